The zero-order chi connectivity index (χ0) is 16.2. The van der Waals surface area contributed by atoms with Crippen LogP contribution in [0.5, 0.6) is 11.5 Å². The lowest BCUT2D eigenvalue weighted by molar-refractivity contribution is 0.0935. The number of fused-ring (bicyclic) bond motifs is 1. The lowest BCUT2D eigenvalue weighted by Crippen LogP contribution is -2.28. The number of hydrogen-bond donors (Lipinski definition) is 2. The lowest BCUT2D eigenvalue weighted by Gasteiger charge is -2.22. The normalized spacial score (nSPS) is 14.1. The quantitative estimate of drug-likeness (QED) is 0.851. The monoisotopic (exact) mass is 312 g/mol. The van der Waals surface area contributed by atoms with Crippen LogP contribution in [0.1, 0.15) is 35.3 Å². The average Bonchev–Trinajstić information content (AvgIpc) is 2.59. The van der Waals surface area contributed by atoms with E-state index in [4.69, 9.17) is 15.2 Å². The fraction of sp³-hybridized carbons (Fsp3) is 0.278. The van der Waals surface area contributed by atoms with Gasteiger partial charge in [-0.3, -0.25) is 4.79 Å². The van der Waals surface area contributed by atoms with Crippen LogP contribution in [-0.4, -0.2) is 19.1 Å². The molecule has 2 aromatic carbocycles. The standard InChI is InChI=1S/C18H20N2O3/c1-2-15(20-18(21)13-4-3-5-14(19)10-13)12-6-7-16-17(11-12)23-9-8-22-16/h3-7,10-11,15H,2,8-9,19H2,1H3,(H,20,21). The van der Waals surface area contributed by atoms with Crippen molar-refractivity contribution in [3.63, 3.8) is 0 Å². The molecule has 23 heavy (non-hydrogen) atoms. The van der Waals surface area contributed by atoms with Crippen LogP contribution in [0.2, 0.25) is 0 Å². The SMILES string of the molecule is CCC(NC(=O)c1cccc(N)c1)c1ccc2c(c1)OCCO2. The van der Waals surface area contributed by atoms with E-state index >= 15 is 0 Å². The van der Waals surface area contributed by atoms with Crippen LogP contribution >= 0.6 is 0 Å². The van der Waals surface area contributed by atoms with Crippen molar-refractivity contribution in [2.75, 3.05) is 18.9 Å². The summed E-state index contributed by atoms with van der Waals surface area (Å²) in [5.74, 6) is 1.33. The highest BCUT2D eigenvalue weighted by Crippen LogP contribution is 2.33. The van der Waals surface area contributed by atoms with Gasteiger partial charge in [-0.1, -0.05) is 19.1 Å². The predicted molar refractivity (Wildman–Crippen MR) is 88.8 cm³/mol. The summed E-state index contributed by atoms with van der Waals surface area (Å²) in [6.45, 7) is 3.14. The minimum absolute atomic E-state index is 0.0974. The number of nitrogens with one attached hydrogen (secondary N) is 1. The maximum atomic E-state index is 12.4. The molecule has 1 aliphatic heterocycles. The zero-order valence-electron chi connectivity index (χ0n) is 13.0. The van der Waals surface area contributed by atoms with E-state index in [9.17, 15) is 4.79 Å². The molecule has 0 aromatic heterocycles. The van der Waals surface area contributed by atoms with Gasteiger partial charge in [-0.25, -0.2) is 0 Å². The van der Waals surface area contributed by atoms with Crippen LogP contribution in [0.3, 0.4) is 0 Å². The van der Waals surface area contributed by atoms with Crippen molar-refractivity contribution >= 4 is 11.6 Å². The predicted octanol–water partition coefficient (Wildman–Crippen LogP) is 2.92. The first kappa shape index (κ1) is 15.2. The molecule has 5 heteroatoms. The zero-order valence-corrected chi connectivity index (χ0v) is 13.0. The van der Waals surface area contributed by atoms with E-state index in [-0.39, 0.29) is 11.9 Å². The average molecular weight is 312 g/mol. The number of benzene rings is 2. The molecule has 0 saturated carbocycles. The molecule has 1 amide bonds. The lowest BCUT2D eigenvalue weighted by atomic mass is 10.0. The number of carbonyl (C=O) groups is 1. The minimum Gasteiger partial charge on any atom is -0.486 e. The van der Waals surface area contributed by atoms with Crippen molar-refractivity contribution in [3.05, 3.63) is 53.6 Å². The molecule has 0 radical (unpaired) electrons. The van der Waals surface area contributed by atoms with Gasteiger partial charge in [0.2, 0.25) is 0 Å². The molecule has 0 saturated heterocycles. The van der Waals surface area contributed by atoms with E-state index in [2.05, 4.69) is 5.32 Å². The highest BCUT2D eigenvalue weighted by molar-refractivity contribution is 5.95. The number of rotatable bonds is 4. The molecule has 2 aromatic rings. The Morgan fingerprint density at radius 3 is 2.70 bits per heavy atom. The topological polar surface area (TPSA) is 73.6 Å². The van der Waals surface area contributed by atoms with Crippen LogP contribution in [-0.2, 0) is 0 Å². The third-order valence-electron chi connectivity index (χ3n) is 3.83. The highest BCUT2D eigenvalue weighted by atomic mass is 16.6. The number of anilines is 1. The number of amides is 1. The number of nitrogens with two attached hydrogens (primary N) is 1. The molecule has 0 aliphatic carbocycles. The summed E-state index contributed by atoms with van der Waals surface area (Å²) in [6, 6.07) is 12.6. The summed E-state index contributed by atoms with van der Waals surface area (Å²) in [6.07, 6.45) is 0.772. The molecular formula is C18H20N2O3. The first-order valence-corrected chi connectivity index (χ1v) is 7.73. The molecule has 0 fully saturated rings. The van der Waals surface area contributed by atoms with Gasteiger partial charge in [-0.15, -0.1) is 0 Å². The second kappa shape index (κ2) is 6.60. The Morgan fingerprint density at radius 2 is 1.96 bits per heavy atom. The van der Waals surface area contributed by atoms with Crippen LogP contribution in [0.15, 0.2) is 42.5 Å². The third kappa shape index (κ3) is 3.39. The van der Waals surface area contributed by atoms with Crippen LogP contribution < -0.4 is 20.5 Å². The number of hydrogen-bond acceptors (Lipinski definition) is 4. The molecule has 0 spiro atoms. The minimum atomic E-state index is -0.140. The summed E-state index contributed by atoms with van der Waals surface area (Å²) < 4.78 is 11.1. The summed E-state index contributed by atoms with van der Waals surface area (Å²) in [5.41, 5.74) is 7.86. The summed E-state index contributed by atoms with van der Waals surface area (Å²) in [4.78, 5) is 12.4. The Hall–Kier alpha value is -2.69. The molecule has 120 valence electrons. The van der Waals surface area contributed by atoms with Gasteiger partial charge in [0.1, 0.15) is 13.2 Å². The third-order valence-corrected chi connectivity index (χ3v) is 3.83. The van der Waals surface area contributed by atoms with Crippen molar-refractivity contribution in [2.24, 2.45) is 0 Å². The van der Waals surface area contributed by atoms with Crippen LogP contribution in [0, 0.1) is 0 Å². The molecule has 1 unspecified atom stereocenters. The van der Waals surface area contributed by atoms with Crippen LogP contribution in [0.4, 0.5) is 5.69 Å². The van der Waals surface area contributed by atoms with E-state index in [1.54, 1.807) is 24.3 Å². The smallest absolute Gasteiger partial charge is 0.251 e. The number of nitrogen functional groups attached to an aromatic ring is 1. The van der Waals surface area contributed by atoms with E-state index in [0.29, 0.717) is 24.5 Å². The maximum absolute atomic E-state index is 12.4. The van der Waals surface area contributed by atoms with Crippen molar-refractivity contribution in [3.8, 4) is 11.5 Å². The fourth-order valence-electron chi connectivity index (χ4n) is 2.62. The van der Waals surface area contributed by atoms with Gasteiger partial charge in [-0.05, 0) is 42.3 Å². The summed E-state index contributed by atoms with van der Waals surface area (Å²) in [5, 5.41) is 3.04. The van der Waals surface area contributed by atoms with Gasteiger partial charge in [0.25, 0.3) is 5.91 Å². The van der Waals surface area contributed by atoms with Gasteiger partial charge in [0.15, 0.2) is 11.5 Å². The Kier molecular flexibility index (Phi) is 4.37. The number of carbonyl (C=O) groups excluding carboxylic acids is 1. The van der Waals surface area contributed by atoms with E-state index < -0.39 is 0 Å². The van der Waals surface area contributed by atoms with E-state index in [0.717, 1.165) is 23.5 Å². The van der Waals surface area contributed by atoms with Crippen molar-refractivity contribution in [1.29, 1.82) is 0 Å². The first-order chi connectivity index (χ1) is 11.2. The number of ether oxygens (including phenoxy) is 2. The second-order valence-electron chi connectivity index (χ2n) is 5.46. The Bertz CT molecular complexity index is 715. The molecule has 0 bridgehead atoms. The molecule has 1 aliphatic rings. The molecule has 3 rings (SSSR count). The summed E-state index contributed by atoms with van der Waals surface area (Å²) in [7, 11) is 0. The second-order valence-corrected chi connectivity index (χ2v) is 5.46. The molecule has 3 N–H and O–H groups in total. The molecular weight excluding hydrogens is 292 g/mol. The Morgan fingerprint density at radius 1 is 1.17 bits per heavy atom. The molecule has 1 atom stereocenters. The van der Waals surface area contributed by atoms with E-state index in [1.807, 2.05) is 25.1 Å². The van der Waals surface area contributed by atoms with Gasteiger partial charge in [-0.2, -0.15) is 0 Å². The molecule has 1 heterocycles. The van der Waals surface area contributed by atoms with Gasteiger partial charge in [0, 0.05) is 11.3 Å². The highest BCUT2D eigenvalue weighted by Gasteiger charge is 2.18. The van der Waals surface area contributed by atoms with Crippen LogP contribution in [0.25, 0.3) is 0 Å². The first-order valence-electron chi connectivity index (χ1n) is 7.73. The van der Waals surface area contributed by atoms with Gasteiger partial charge < -0.3 is 20.5 Å². The molecule has 5 nitrogen and oxygen atoms in total. The van der Waals surface area contributed by atoms with Crippen molar-refractivity contribution in [1.82, 2.24) is 5.32 Å². The Balaban J connectivity index is 1.78. The van der Waals surface area contributed by atoms with Crippen molar-refractivity contribution < 1.29 is 14.3 Å². The van der Waals surface area contributed by atoms with Crippen molar-refractivity contribution in [2.45, 2.75) is 19.4 Å². The van der Waals surface area contributed by atoms with E-state index in [1.165, 1.54) is 0 Å². The largest absolute Gasteiger partial charge is 0.486 e. The van der Waals surface area contributed by atoms with Gasteiger partial charge >= 0.3 is 0 Å². The van der Waals surface area contributed by atoms with Gasteiger partial charge in [0.05, 0.1) is 6.04 Å². The summed E-state index contributed by atoms with van der Waals surface area (Å²) >= 11 is 0. The Labute approximate surface area is 135 Å². The maximum Gasteiger partial charge on any atom is 0.251 e. The fourth-order valence-corrected chi connectivity index (χ4v) is 2.62.